The third-order valence-corrected chi connectivity index (χ3v) is 2.78. The van der Waals surface area contributed by atoms with Crippen molar-refractivity contribution in [1.29, 1.82) is 0 Å². The molecule has 1 unspecified atom stereocenters. The van der Waals surface area contributed by atoms with Crippen molar-refractivity contribution in [3.8, 4) is 0 Å². The normalized spacial score (nSPS) is 12.9. The largest absolute Gasteiger partial charge is 0.453 e. The molecule has 0 aromatic carbocycles. The van der Waals surface area contributed by atoms with Crippen LogP contribution in [0.5, 0.6) is 0 Å². The number of rotatable bonds is 4. The Morgan fingerprint density at radius 2 is 2.38 bits per heavy atom. The Morgan fingerprint density at radius 3 is 2.88 bits per heavy atom. The Morgan fingerprint density at radius 1 is 1.56 bits per heavy atom. The number of nitrogens with zero attached hydrogens (tertiary/aromatic N) is 3. The molecule has 2 aromatic heterocycles. The van der Waals surface area contributed by atoms with Crippen molar-refractivity contribution in [1.82, 2.24) is 20.3 Å². The van der Waals surface area contributed by atoms with E-state index in [4.69, 9.17) is 4.42 Å². The number of halogens is 1. The lowest BCUT2D eigenvalue weighted by atomic mass is 10.1. The van der Waals surface area contributed by atoms with Crippen molar-refractivity contribution >= 4 is 15.9 Å². The molecule has 0 radical (unpaired) electrons. The summed E-state index contributed by atoms with van der Waals surface area (Å²) < 4.78 is 7.95. The molecule has 0 bridgehead atoms. The zero-order chi connectivity index (χ0) is 11.5. The van der Waals surface area contributed by atoms with Gasteiger partial charge in [0.15, 0.2) is 4.67 Å². The predicted molar refractivity (Wildman–Crippen MR) is 62.9 cm³/mol. The Hall–Kier alpha value is -1.14. The van der Waals surface area contributed by atoms with Crippen LogP contribution in [0.2, 0.25) is 0 Å². The molecule has 0 aliphatic rings. The van der Waals surface area contributed by atoms with E-state index in [2.05, 4.69) is 31.6 Å². The molecular weight excluding hydrogens is 272 g/mol. The smallest absolute Gasteiger partial charge is 0.169 e. The second-order valence-corrected chi connectivity index (χ2v) is 4.35. The maximum Gasteiger partial charge on any atom is 0.169 e. The number of hydrogen-bond donors (Lipinski definition) is 1. The molecule has 2 aromatic rings. The van der Waals surface area contributed by atoms with Gasteiger partial charge < -0.3 is 9.73 Å². The highest BCUT2D eigenvalue weighted by Gasteiger charge is 2.15. The van der Waals surface area contributed by atoms with Crippen LogP contribution in [-0.2, 0) is 13.5 Å². The van der Waals surface area contributed by atoms with E-state index in [9.17, 15) is 0 Å². The Kier molecular flexibility index (Phi) is 3.40. The average molecular weight is 285 g/mol. The first kappa shape index (κ1) is 11.3. The molecule has 0 aliphatic heterocycles. The molecule has 1 atom stereocenters. The number of aromatic nitrogens is 3. The van der Waals surface area contributed by atoms with Crippen molar-refractivity contribution in [3.63, 3.8) is 0 Å². The van der Waals surface area contributed by atoms with Gasteiger partial charge in [-0.25, -0.2) is 0 Å². The van der Waals surface area contributed by atoms with Gasteiger partial charge in [-0.15, -0.1) is 5.10 Å². The zero-order valence-corrected chi connectivity index (χ0v) is 10.7. The van der Waals surface area contributed by atoms with E-state index < -0.39 is 0 Å². The number of furan rings is 1. The highest BCUT2D eigenvalue weighted by Crippen LogP contribution is 2.22. The first-order valence-corrected chi connectivity index (χ1v) is 5.76. The zero-order valence-electron chi connectivity index (χ0n) is 9.14. The molecule has 5 nitrogen and oxygen atoms in total. The second-order valence-electron chi connectivity index (χ2n) is 3.57. The molecule has 2 rings (SSSR count). The van der Waals surface area contributed by atoms with Gasteiger partial charge in [-0.2, -0.15) is 0 Å². The van der Waals surface area contributed by atoms with Crippen LogP contribution in [0, 0.1) is 0 Å². The van der Waals surface area contributed by atoms with Gasteiger partial charge >= 0.3 is 0 Å². The van der Waals surface area contributed by atoms with Crippen LogP contribution >= 0.6 is 15.9 Å². The minimum atomic E-state index is 0.114. The van der Waals surface area contributed by atoms with Gasteiger partial charge in [0, 0.05) is 19.7 Å². The van der Waals surface area contributed by atoms with Gasteiger partial charge in [-0.1, -0.05) is 5.21 Å². The van der Waals surface area contributed by atoms with E-state index in [1.54, 1.807) is 4.68 Å². The molecule has 1 N–H and O–H groups in total. The first-order valence-electron chi connectivity index (χ1n) is 4.96. The molecule has 0 spiro atoms. The number of aryl methyl sites for hydroxylation is 1. The summed E-state index contributed by atoms with van der Waals surface area (Å²) in [7, 11) is 3.76. The number of likely N-dealkylation sites (N-methyl/N-ethyl adjacent to an activating group) is 1. The number of hydrogen-bond acceptors (Lipinski definition) is 4. The lowest BCUT2D eigenvalue weighted by Crippen LogP contribution is -2.18. The quantitative estimate of drug-likeness (QED) is 0.928. The minimum Gasteiger partial charge on any atom is -0.453 e. The van der Waals surface area contributed by atoms with E-state index in [0.717, 1.165) is 22.5 Å². The van der Waals surface area contributed by atoms with Crippen molar-refractivity contribution < 1.29 is 4.42 Å². The monoisotopic (exact) mass is 284 g/mol. The first-order chi connectivity index (χ1) is 7.69. The molecule has 0 saturated carbocycles. The minimum absolute atomic E-state index is 0.114. The molecule has 2 heterocycles. The summed E-state index contributed by atoms with van der Waals surface area (Å²) in [6, 6.07) is 3.95. The summed E-state index contributed by atoms with van der Waals surface area (Å²) >= 11 is 3.29. The van der Waals surface area contributed by atoms with Gasteiger partial charge in [0.05, 0.1) is 11.7 Å². The van der Waals surface area contributed by atoms with Crippen molar-refractivity contribution in [2.24, 2.45) is 7.05 Å². The lowest BCUT2D eigenvalue weighted by molar-refractivity contribution is 0.415. The predicted octanol–water partition coefficient (Wildman–Crippen LogP) is 1.67. The summed E-state index contributed by atoms with van der Waals surface area (Å²) in [4.78, 5) is 0. The third kappa shape index (κ3) is 2.51. The summed E-state index contributed by atoms with van der Waals surface area (Å²) in [5.74, 6) is 0.889. The number of nitrogens with one attached hydrogen (secondary N) is 1. The van der Waals surface area contributed by atoms with Crippen LogP contribution < -0.4 is 5.32 Å². The summed E-state index contributed by atoms with van der Waals surface area (Å²) in [6.45, 7) is 0. The molecule has 0 amide bonds. The van der Waals surface area contributed by atoms with Crippen LogP contribution in [0.15, 0.2) is 27.4 Å². The summed E-state index contributed by atoms with van der Waals surface area (Å²) in [6.07, 6.45) is 2.66. The maximum absolute atomic E-state index is 5.51. The Balaban J connectivity index is 2.12. The Bertz CT molecular complexity index is 465. The maximum atomic E-state index is 5.51. The van der Waals surface area contributed by atoms with E-state index in [1.807, 2.05) is 32.4 Å². The van der Waals surface area contributed by atoms with Crippen molar-refractivity contribution in [2.75, 3.05) is 7.05 Å². The summed E-state index contributed by atoms with van der Waals surface area (Å²) in [5.41, 5.74) is 0.939. The highest BCUT2D eigenvalue weighted by atomic mass is 79.9. The van der Waals surface area contributed by atoms with Gasteiger partial charge in [0.25, 0.3) is 0 Å². The fourth-order valence-corrected chi connectivity index (χ4v) is 1.88. The molecule has 6 heteroatoms. The molecule has 86 valence electrons. The highest BCUT2D eigenvalue weighted by molar-refractivity contribution is 9.10. The fourth-order valence-electron chi connectivity index (χ4n) is 1.56. The molecule has 0 saturated heterocycles. The van der Waals surface area contributed by atoms with Crippen LogP contribution in [0.25, 0.3) is 0 Å². The lowest BCUT2D eigenvalue weighted by Gasteiger charge is -2.11. The van der Waals surface area contributed by atoms with E-state index in [-0.39, 0.29) is 6.04 Å². The molecule has 0 fully saturated rings. The van der Waals surface area contributed by atoms with Gasteiger partial charge in [0.1, 0.15) is 5.76 Å². The topological polar surface area (TPSA) is 55.9 Å². The standard InChI is InChI=1S/C10H13BrN4O/c1-12-8(9-3-4-10(11)16-9)5-7-6-15(2)14-13-7/h3-4,6,8,12H,5H2,1-2H3. The van der Waals surface area contributed by atoms with E-state index >= 15 is 0 Å². The van der Waals surface area contributed by atoms with Gasteiger partial charge in [-0.05, 0) is 35.1 Å². The van der Waals surface area contributed by atoms with Crippen molar-refractivity contribution in [2.45, 2.75) is 12.5 Å². The third-order valence-electron chi connectivity index (χ3n) is 2.35. The molecule has 0 aliphatic carbocycles. The van der Waals surface area contributed by atoms with Crippen LogP contribution in [-0.4, -0.2) is 22.0 Å². The van der Waals surface area contributed by atoms with Gasteiger partial charge in [-0.3, -0.25) is 4.68 Å². The van der Waals surface area contributed by atoms with E-state index in [0.29, 0.717) is 0 Å². The SMILES string of the molecule is CNC(Cc1cn(C)nn1)c1ccc(Br)o1. The molecular formula is C10H13BrN4O. The molecule has 16 heavy (non-hydrogen) atoms. The van der Waals surface area contributed by atoms with Crippen LogP contribution in [0.1, 0.15) is 17.5 Å². The average Bonchev–Trinajstić information content (AvgIpc) is 2.84. The van der Waals surface area contributed by atoms with E-state index in [1.165, 1.54) is 0 Å². The summed E-state index contributed by atoms with van der Waals surface area (Å²) in [5, 5.41) is 11.2. The van der Waals surface area contributed by atoms with Gasteiger partial charge in [0.2, 0.25) is 0 Å². The Labute approximate surface area is 102 Å². The fraction of sp³-hybridized carbons (Fsp3) is 0.400. The van der Waals surface area contributed by atoms with Crippen LogP contribution in [0.4, 0.5) is 0 Å². The van der Waals surface area contributed by atoms with Crippen LogP contribution in [0.3, 0.4) is 0 Å². The second kappa shape index (κ2) is 4.80. The van der Waals surface area contributed by atoms with Crippen molar-refractivity contribution in [3.05, 3.63) is 34.5 Å².